The summed E-state index contributed by atoms with van der Waals surface area (Å²) >= 11 is 0. The molecule has 34 heavy (non-hydrogen) atoms. The molecule has 1 aliphatic rings. The molecule has 172 valence electrons. The Hall–Kier alpha value is -4.13. The van der Waals surface area contributed by atoms with E-state index in [-0.39, 0.29) is 17.9 Å². The van der Waals surface area contributed by atoms with Crippen molar-refractivity contribution in [2.24, 2.45) is 14.1 Å². The van der Waals surface area contributed by atoms with Gasteiger partial charge in [0.05, 0.1) is 0 Å². The van der Waals surface area contributed by atoms with Crippen LogP contribution in [0.3, 0.4) is 0 Å². The highest BCUT2D eigenvalue weighted by Crippen LogP contribution is 2.34. The van der Waals surface area contributed by atoms with E-state index in [0.29, 0.717) is 33.8 Å². The van der Waals surface area contributed by atoms with Crippen LogP contribution in [0.5, 0.6) is 0 Å². The second kappa shape index (κ2) is 8.67. The van der Waals surface area contributed by atoms with Gasteiger partial charge in [0.25, 0.3) is 5.91 Å². The van der Waals surface area contributed by atoms with Crippen LogP contribution >= 0.6 is 0 Å². The van der Waals surface area contributed by atoms with Gasteiger partial charge >= 0.3 is 0 Å². The molecule has 0 radical (unpaired) electrons. The van der Waals surface area contributed by atoms with Gasteiger partial charge in [0.1, 0.15) is 29.6 Å². The predicted molar refractivity (Wildman–Crippen MR) is 122 cm³/mol. The number of rotatable bonds is 5. The lowest BCUT2D eigenvalue weighted by Gasteiger charge is -2.10. The third-order valence-corrected chi connectivity index (χ3v) is 6.29. The summed E-state index contributed by atoms with van der Waals surface area (Å²) in [7, 11) is 3.59. The summed E-state index contributed by atoms with van der Waals surface area (Å²) in [5, 5.41) is 16.2. The van der Waals surface area contributed by atoms with Gasteiger partial charge in [-0.2, -0.15) is 10.4 Å². The Morgan fingerprint density at radius 2 is 2.03 bits per heavy atom. The minimum absolute atomic E-state index is 0.0879. The minimum atomic E-state index is -0.466. The number of amides is 1. The van der Waals surface area contributed by atoms with E-state index in [1.165, 1.54) is 36.0 Å². The SMILES string of the molecule is Cn1cc(-c2cc(F)cc(CNC(=O)c3ncnc4nc(C5CCCC5)n(C)c34)c2)c(C#N)n1. The van der Waals surface area contributed by atoms with Crippen LogP contribution in [-0.2, 0) is 20.6 Å². The molecule has 1 N–H and O–H groups in total. The van der Waals surface area contributed by atoms with Gasteiger partial charge in [-0.25, -0.2) is 19.3 Å². The van der Waals surface area contributed by atoms with Crippen molar-refractivity contribution in [2.75, 3.05) is 0 Å². The van der Waals surface area contributed by atoms with E-state index >= 15 is 0 Å². The number of aromatic nitrogens is 6. The van der Waals surface area contributed by atoms with Crippen LogP contribution in [0.1, 0.15) is 59.2 Å². The lowest BCUT2D eigenvalue weighted by molar-refractivity contribution is 0.0947. The fraction of sp³-hybridized carbons (Fsp3) is 0.333. The standard InChI is InChI=1S/C24H23FN8O/c1-32-12-18(19(10-26)31-32)16-7-14(8-17(25)9-16)11-27-24(34)20-21-22(29-13-28-20)30-23(33(21)2)15-5-3-4-6-15/h7-9,12-13,15H,3-6,11H2,1-2H3,(H,27,34). The first-order chi connectivity index (χ1) is 16.4. The van der Waals surface area contributed by atoms with E-state index in [1.807, 2.05) is 17.7 Å². The average Bonchev–Trinajstić information content (AvgIpc) is 3.56. The summed E-state index contributed by atoms with van der Waals surface area (Å²) in [5.41, 5.74) is 3.14. The Morgan fingerprint density at radius 1 is 1.24 bits per heavy atom. The van der Waals surface area contributed by atoms with Gasteiger partial charge in [-0.3, -0.25) is 9.48 Å². The molecule has 0 saturated heterocycles. The third-order valence-electron chi connectivity index (χ3n) is 6.29. The number of imidazole rings is 1. The molecule has 3 aromatic heterocycles. The molecule has 9 nitrogen and oxygen atoms in total. The summed E-state index contributed by atoms with van der Waals surface area (Å²) in [4.78, 5) is 26.2. The molecule has 1 amide bonds. The van der Waals surface area contributed by atoms with E-state index in [2.05, 4.69) is 25.4 Å². The summed E-state index contributed by atoms with van der Waals surface area (Å²) in [6.45, 7) is 0.0879. The van der Waals surface area contributed by atoms with Gasteiger partial charge in [0.15, 0.2) is 17.0 Å². The first kappa shape index (κ1) is 21.7. The van der Waals surface area contributed by atoms with E-state index in [1.54, 1.807) is 19.3 Å². The molecular formula is C24H23FN8O. The third kappa shape index (κ3) is 3.90. The number of nitrogens with zero attached hydrogens (tertiary/aromatic N) is 7. The molecule has 1 aromatic carbocycles. The van der Waals surface area contributed by atoms with Gasteiger partial charge in [-0.1, -0.05) is 12.8 Å². The summed E-state index contributed by atoms with van der Waals surface area (Å²) < 4.78 is 17.8. The monoisotopic (exact) mass is 458 g/mol. The molecule has 1 aliphatic carbocycles. The van der Waals surface area contributed by atoms with Crippen LogP contribution < -0.4 is 5.32 Å². The Balaban J connectivity index is 1.41. The van der Waals surface area contributed by atoms with Gasteiger partial charge in [-0.05, 0) is 42.2 Å². The maximum Gasteiger partial charge on any atom is 0.272 e. The Kier molecular flexibility index (Phi) is 5.53. The largest absolute Gasteiger partial charge is 0.347 e. The van der Waals surface area contributed by atoms with Gasteiger partial charge in [0.2, 0.25) is 0 Å². The van der Waals surface area contributed by atoms with Gasteiger partial charge in [-0.15, -0.1) is 0 Å². The van der Waals surface area contributed by atoms with Crippen LogP contribution in [-0.4, -0.2) is 35.2 Å². The maximum atomic E-state index is 14.4. The smallest absolute Gasteiger partial charge is 0.272 e. The number of nitriles is 1. The number of nitrogens with one attached hydrogen (secondary N) is 1. The number of benzene rings is 1. The van der Waals surface area contributed by atoms with Gasteiger partial charge in [0, 0.05) is 38.3 Å². The molecule has 1 fully saturated rings. The lowest BCUT2D eigenvalue weighted by atomic mass is 10.0. The van der Waals surface area contributed by atoms with Crippen LogP contribution in [0.25, 0.3) is 22.3 Å². The molecule has 0 unspecified atom stereocenters. The second-order valence-corrected chi connectivity index (χ2v) is 8.61. The number of hydrogen-bond donors (Lipinski definition) is 1. The van der Waals surface area contributed by atoms with Crippen molar-refractivity contribution in [1.29, 1.82) is 5.26 Å². The molecule has 1 saturated carbocycles. The zero-order chi connectivity index (χ0) is 23.8. The van der Waals surface area contributed by atoms with Crippen LogP contribution in [0.15, 0.2) is 30.7 Å². The summed E-state index contributed by atoms with van der Waals surface area (Å²) in [5.74, 6) is 0.443. The second-order valence-electron chi connectivity index (χ2n) is 8.61. The number of carbonyl (C=O) groups excluding carboxylic acids is 1. The zero-order valence-corrected chi connectivity index (χ0v) is 18.9. The first-order valence-electron chi connectivity index (χ1n) is 11.1. The van der Waals surface area contributed by atoms with Crippen molar-refractivity contribution >= 4 is 17.1 Å². The number of halogens is 1. The summed E-state index contributed by atoms with van der Waals surface area (Å²) in [6.07, 6.45) is 7.53. The molecule has 3 heterocycles. The number of carbonyl (C=O) groups is 1. The average molecular weight is 459 g/mol. The van der Waals surface area contributed by atoms with Crippen molar-refractivity contribution in [2.45, 2.75) is 38.1 Å². The quantitative estimate of drug-likeness (QED) is 0.490. The van der Waals surface area contributed by atoms with Gasteiger partial charge < -0.3 is 9.88 Å². The molecular weight excluding hydrogens is 435 g/mol. The normalized spacial score (nSPS) is 13.9. The van der Waals surface area contributed by atoms with Crippen molar-refractivity contribution in [3.63, 3.8) is 0 Å². The number of fused-ring (bicyclic) bond motifs is 1. The van der Waals surface area contributed by atoms with E-state index in [9.17, 15) is 14.4 Å². The topological polar surface area (TPSA) is 114 Å². The molecule has 5 rings (SSSR count). The number of hydrogen-bond acceptors (Lipinski definition) is 6. The highest BCUT2D eigenvalue weighted by atomic mass is 19.1. The van der Waals surface area contributed by atoms with Crippen molar-refractivity contribution in [3.05, 3.63) is 59.3 Å². The van der Waals surface area contributed by atoms with E-state index in [4.69, 9.17) is 0 Å². The zero-order valence-electron chi connectivity index (χ0n) is 18.9. The number of aryl methyl sites for hydroxylation is 2. The minimum Gasteiger partial charge on any atom is -0.347 e. The van der Waals surface area contributed by atoms with Crippen LogP contribution in [0, 0.1) is 17.1 Å². The first-order valence-corrected chi connectivity index (χ1v) is 11.1. The highest BCUT2D eigenvalue weighted by Gasteiger charge is 2.25. The van der Waals surface area contributed by atoms with Crippen LogP contribution in [0.4, 0.5) is 4.39 Å². The fourth-order valence-electron chi connectivity index (χ4n) is 4.73. The van der Waals surface area contributed by atoms with Crippen molar-refractivity contribution in [1.82, 2.24) is 34.6 Å². The fourth-order valence-corrected chi connectivity index (χ4v) is 4.73. The molecule has 4 aromatic rings. The summed E-state index contributed by atoms with van der Waals surface area (Å²) in [6, 6.07) is 6.45. The molecule has 0 aliphatic heterocycles. The predicted octanol–water partition coefficient (Wildman–Crippen LogP) is 3.36. The van der Waals surface area contributed by atoms with Crippen molar-refractivity contribution in [3.8, 4) is 17.2 Å². The molecule has 0 atom stereocenters. The Bertz CT molecular complexity index is 1440. The maximum absolute atomic E-state index is 14.4. The van der Waals surface area contributed by atoms with E-state index in [0.717, 1.165) is 18.7 Å². The molecule has 0 bridgehead atoms. The Morgan fingerprint density at radius 3 is 2.79 bits per heavy atom. The molecule has 0 spiro atoms. The molecule has 10 heteroatoms. The Labute approximate surface area is 195 Å². The highest BCUT2D eigenvalue weighted by molar-refractivity contribution is 6.02. The van der Waals surface area contributed by atoms with Crippen molar-refractivity contribution < 1.29 is 9.18 Å². The van der Waals surface area contributed by atoms with Crippen LogP contribution in [0.2, 0.25) is 0 Å². The lowest BCUT2D eigenvalue weighted by Crippen LogP contribution is -2.25. The van der Waals surface area contributed by atoms with E-state index < -0.39 is 11.7 Å².